The van der Waals surface area contributed by atoms with E-state index in [1.165, 1.54) is 0 Å². The van der Waals surface area contributed by atoms with E-state index in [0.717, 1.165) is 42.9 Å². The molecule has 1 aliphatic heterocycles. The number of hydrogen-bond acceptors (Lipinski definition) is 5. The highest BCUT2D eigenvalue weighted by Gasteiger charge is 2.17. The number of amides is 2. The molecule has 1 saturated heterocycles. The molecule has 3 rings (SSSR count). The van der Waals surface area contributed by atoms with Gasteiger partial charge in [0.15, 0.2) is 0 Å². The molecular weight excluding hydrogens is 344 g/mol. The lowest BCUT2D eigenvalue weighted by atomic mass is 10.1. The number of carbonyl (C=O) groups excluding carboxylic acids is 2. The molecule has 1 aromatic heterocycles. The molecule has 142 valence electrons. The summed E-state index contributed by atoms with van der Waals surface area (Å²) >= 11 is 0. The number of methoxy groups -OCH3 is 1. The van der Waals surface area contributed by atoms with Gasteiger partial charge in [-0.1, -0.05) is 12.1 Å². The van der Waals surface area contributed by atoms with Crippen molar-refractivity contribution in [3.8, 4) is 5.75 Å². The van der Waals surface area contributed by atoms with E-state index >= 15 is 0 Å². The van der Waals surface area contributed by atoms with Crippen LogP contribution in [0.1, 0.15) is 15.9 Å². The summed E-state index contributed by atoms with van der Waals surface area (Å²) in [5, 5.41) is 2.94. The van der Waals surface area contributed by atoms with Crippen molar-refractivity contribution in [2.24, 2.45) is 0 Å². The third kappa shape index (κ3) is 4.97. The Balaban J connectivity index is 1.53. The second-order valence-electron chi connectivity index (χ2n) is 6.41. The van der Waals surface area contributed by atoms with Crippen LogP contribution >= 0.6 is 0 Å². The molecule has 27 heavy (non-hydrogen) atoms. The van der Waals surface area contributed by atoms with Crippen LogP contribution in [0.4, 0.5) is 5.69 Å². The number of hydrogen-bond donors (Lipinski definition) is 1. The van der Waals surface area contributed by atoms with E-state index < -0.39 is 0 Å². The molecule has 1 fully saturated rings. The van der Waals surface area contributed by atoms with E-state index in [9.17, 15) is 9.59 Å². The van der Waals surface area contributed by atoms with Crippen LogP contribution in [0.15, 0.2) is 42.7 Å². The Hall–Kier alpha value is -3.09. The summed E-state index contributed by atoms with van der Waals surface area (Å²) in [5.41, 5.74) is 2.58. The number of aromatic nitrogens is 1. The maximum Gasteiger partial charge on any atom is 0.252 e. The highest BCUT2D eigenvalue weighted by molar-refractivity contribution is 5.94. The number of pyridine rings is 1. The summed E-state index contributed by atoms with van der Waals surface area (Å²) in [7, 11) is 1.64. The minimum Gasteiger partial charge on any atom is -0.497 e. The standard InChI is InChI=1S/C20H24N4O3/c1-27-19-4-2-16(3-5-19)6-7-22-20(26)17-12-18(14-21-13-17)24-10-8-23(15-25)9-11-24/h2-5,12-15H,6-11H2,1H3,(H,22,26). The van der Waals surface area contributed by atoms with Gasteiger partial charge in [0, 0.05) is 38.9 Å². The van der Waals surface area contributed by atoms with E-state index in [-0.39, 0.29) is 5.91 Å². The smallest absolute Gasteiger partial charge is 0.252 e. The number of piperazine rings is 1. The van der Waals surface area contributed by atoms with Gasteiger partial charge in [0.1, 0.15) is 5.75 Å². The molecular formula is C20H24N4O3. The first-order valence-electron chi connectivity index (χ1n) is 9.00. The van der Waals surface area contributed by atoms with Gasteiger partial charge in [-0.2, -0.15) is 0 Å². The van der Waals surface area contributed by atoms with Crippen LogP contribution in [0.2, 0.25) is 0 Å². The fourth-order valence-electron chi connectivity index (χ4n) is 3.03. The van der Waals surface area contributed by atoms with Crippen LogP contribution in [-0.2, 0) is 11.2 Å². The first-order chi connectivity index (χ1) is 13.2. The molecule has 7 heteroatoms. The fraction of sp³-hybridized carbons (Fsp3) is 0.350. The summed E-state index contributed by atoms with van der Waals surface area (Å²) < 4.78 is 5.14. The minimum atomic E-state index is -0.135. The van der Waals surface area contributed by atoms with Gasteiger partial charge in [0.25, 0.3) is 5.91 Å². The zero-order valence-electron chi connectivity index (χ0n) is 15.4. The van der Waals surface area contributed by atoms with Crippen molar-refractivity contribution in [1.29, 1.82) is 0 Å². The van der Waals surface area contributed by atoms with Crippen LogP contribution in [0.3, 0.4) is 0 Å². The Morgan fingerprint density at radius 2 is 1.93 bits per heavy atom. The minimum absolute atomic E-state index is 0.135. The SMILES string of the molecule is COc1ccc(CCNC(=O)c2cncc(N3CCN(C=O)CC3)c2)cc1. The fourth-order valence-corrected chi connectivity index (χ4v) is 3.03. The molecule has 2 heterocycles. The molecule has 2 aromatic rings. The van der Waals surface area contributed by atoms with Crippen LogP contribution in [-0.4, -0.2) is 62.0 Å². The van der Waals surface area contributed by atoms with Crippen molar-refractivity contribution in [1.82, 2.24) is 15.2 Å². The summed E-state index contributed by atoms with van der Waals surface area (Å²) in [4.78, 5) is 31.3. The quantitative estimate of drug-likeness (QED) is 0.747. The third-order valence-electron chi connectivity index (χ3n) is 4.67. The van der Waals surface area contributed by atoms with Crippen molar-refractivity contribution in [2.45, 2.75) is 6.42 Å². The molecule has 0 radical (unpaired) electrons. The number of nitrogens with zero attached hydrogens (tertiary/aromatic N) is 3. The average molecular weight is 368 g/mol. The zero-order chi connectivity index (χ0) is 19.1. The molecule has 0 bridgehead atoms. The van der Waals surface area contributed by atoms with Gasteiger partial charge in [-0.3, -0.25) is 14.6 Å². The second kappa shape index (κ2) is 9.02. The maximum absolute atomic E-state index is 12.4. The molecule has 7 nitrogen and oxygen atoms in total. The number of rotatable bonds is 7. The highest BCUT2D eigenvalue weighted by Crippen LogP contribution is 2.16. The molecule has 0 aliphatic carbocycles. The number of benzene rings is 1. The van der Waals surface area contributed by atoms with Crippen molar-refractivity contribution >= 4 is 18.0 Å². The van der Waals surface area contributed by atoms with E-state index in [1.54, 1.807) is 24.4 Å². The monoisotopic (exact) mass is 368 g/mol. The lowest BCUT2D eigenvalue weighted by Crippen LogP contribution is -2.45. The van der Waals surface area contributed by atoms with Crippen LogP contribution in [0, 0.1) is 0 Å². The number of ether oxygens (including phenoxy) is 1. The lowest BCUT2D eigenvalue weighted by molar-refractivity contribution is -0.118. The molecule has 1 aliphatic rings. The molecule has 1 N–H and O–H groups in total. The van der Waals surface area contributed by atoms with Gasteiger partial charge in [-0.15, -0.1) is 0 Å². The van der Waals surface area contributed by atoms with Crippen molar-refractivity contribution < 1.29 is 14.3 Å². The second-order valence-corrected chi connectivity index (χ2v) is 6.41. The van der Waals surface area contributed by atoms with Gasteiger partial charge < -0.3 is 19.9 Å². The molecule has 2 amide bonds. The maximum atomic E-state index is 12.4. The highest BCUT2D eigenvalue weighted by atomic mass is 16.5. The molecule has 0 saturated carbocycles. The van der Waals surface area contributed by atoms with Gasteiger partial charge in [0.05, 0.1) is 24.6 Å². The number of anilines is 1. The van der Waals surface area contributed by atoms with E-state index in [2.05, 4.69) is 15.2 Å². The summed E-state index contributed by atoms with van der Waals surface area (Å²) in [5.74, 6) is 0.684. The van der Waals surface area contributed by atoms with Gasteiger partial charge in [0.2, 0.25) is 6.41 Å². The largest absolute Gasteiger partial charge is 0.497 e. The van der Waals surface area contributed by atoms with E-state index in [0.29, 0.717) is 25.2 Å². The van der Waals surface area contributed by atoms with Crippen LogP contribution in [0.5, 0.6) is 5.75 Å². The average Bonchev–Trinajstić information content (AvgIpc) is 2.74. The first kappa shape index (κ1) is 18.7. The predicted molar refractivity (Wildman–Crippen MR) is 103 cm³/mol. The van der Waals surface area contributed by atoms with Crippen molar-refractivity contribution in [3.05, 3.63) is 53.9 Å². The molecule has 0 atom stereocenters. The van der Waals surface area contributed by atoms with Crippen molar-refractivity contribution in [3.63, 3.8) is 0 Å². The van der Waals surface area contributed by atoms with Crippen LogP contribution < -0.4 is 15.0 Å². The molecule has 1 aromatic carbocycles. The van der Waals surface area contributed by atoms with Gasteiger partial charge >= 0.3 is 0 Å². The summed E-state index contributed by atoms with van der Waals surface area (Å²) in [6.07, 6.45) is 4.96. The van der Waals surface area contributed by atoms with Crippen LogP contribution in [0.25, 0.3) is 0 Å². The lowest BCUT2D eigenvalue weighted by Gasteiger charge is -2.34. The van der Waals surface area contributed by atoms with E-state index in [1.807, 2.05) is 30.3 Å². The topological polar surface area (TPSA) is 74.8 Å². The Kier molecular flexibility index (Phi) is 6.25. The third-order valence-corrected chi connectivity index (χ3v) is 4.67. The molecule has 0 unspecified atom stereocenters. The Bertz CT molecular complexity index is 771. The van der Waals surface area contributed by atoms with Crippen molar-refractivity contribution in [2.75, 3.05) is 44.7 Å². The summed E-state index contributed by atoms with van der Waals surface area (Å²) in [6.45, 7) is 3.39. The number of nitrogens with one attached hydrogen (secondary N) is 1. The molecule has 0 spiro atoms. The number of carbonyl (C=O) groups is 2. The Morgan fingerprint density at radius 3 is 2.59 bits per heavy atom. The summed E-state index contributed by atoms with van der Waals surface area (Å²) in [6, 6.07) is 9.66. The van der Waals surface area contributed by atoms with Gasteiger partial charge in [-0.05, 0) is 30.2 Å². The first-order valence-corrected chi connectivity index (χ1v) is 9.00. The predicted octanol–water partition coefficient (Wildman–Crippen LogP) is 1.34. The zero-order valence-corrected chi connectivity index (χ0v) is 15.4. The van der Waals surface area contributed by atoms with Gasteiger partial charge in [-0.25, -0.2) is 0 Å². The Morgan fingerprint density at radius 1 is 1.19 bits per heavy atom. The Labute approximate surface area is 158 Å². The van der Waals surface area contributed by atoms with E-state index in [4.69, 9.17) is 4.74 Å². The normalized spacial score (nSPS) is 14.0.